The van der Waals surface area contributed by atoms with E-state index < -0.39 is 74.3 Å². The molecule has 1 aromatic carbocycles. The largest absolute Gasteiger partial charge is 0.446 e. The lowest BCUT2D eigenvalue weighted by Gasteiger charge is -2.26. The third kappa shape index (κ3) is 8.08. The Morgan fingerprint density at radius 3 is 2.59 bits per heavy atom. The SMILES string of the molecule is CCc1csc(-c2ccc(C(F)(F)F)cc2NC(=O)OC2CC3C(=O)NC4(C(=O)NS(=O)(=O)C5CC5)CC4C=CCCCCN(C)C(=O)C3C2)n1. The number of hydrogen-bond donors (Lipinski definition) is 3. The molecular weight excluding hydrogens is 712 g/mol. The molecule has 276 valence electrons. The Balaban J connectivity index is 1.22. The average Bonchev–Trinajstić information content (AvgIpc) is 3.95. The maximum Gasteiger partial charge on any atom is 0.416 e. The second-order valence-corrected chi connectivity index (χ2v) is 16.5. The van der Waals surface area contributed by atoms with Crippen molar-refractivity contribution in [3.8, 4) is 10.6 Å². The van der Waals surface area contributed by atoms with Crippen LogP contribution in [0.4, 0.5) is 23.7 Å². The van der Waals surface area contributed by atoms with Crippen molar-refractivity contribution >= 4 is 50.9 Å². The summed E-state index contributed by atoms with van der Waals surface area (Å²) in [6.07, 6.45) is 0.564. The fourth-order valence-corrected chi connectivity index (χ4v) is 9.09. The molecule has 4 amide bonds. The number of carbonyl (C=O) groups is 4. The van der Waals surface area contributed by atoms with Crippen LogP contribution in [0.25, 0.3) is 10.6 Å². The summed E-state index contributed by atoms with van der Waals surface area (Å²) in [6, 6.07) is 2.94. The number of amides is 4. The molecule has 0 radical (unpaired) electrons. The van der Waals surface area contributed by atoms with Crippen LogP contribution in [0.3, 0.4) is 0 Å². The lowest BCUT2D eigenvalue weighted by atomic mass is 9.93. The Bertz CT molecular complexity index is 1840. The molecule has 1 aliphatic heterocycles. The molecule has 12 nitrogen and oxygen atoms in total. The zero-order chi connectivity index (χ0) is 36.7. The van der Waals surface area contributed by atoms with Gasteiger partial charge in [0.2, 0.25) is 21.8 Å². The first kappa shape index (κ1) is 36.8. The van der Waals surface area contributed by atoms with Gasteiger partial charge in [-0.2, -0.15) is 13.2 Å². The number of fused-ring (bicyclic) bond motifs is 2. The van der Waals surface area contributed by atoms with Crippen molar-refractivity contribution in [2.75, 3.05) is 18.9 Å². The van der Waals surface area contributed by atoms with E-state index in [-0.39, 0.29) is 36.4 Å². The van der Waals surface area contributed by atoms with E-state index in [2.05, 4.69) is 20.3 Å². The molecule has 3 aliphatic carbocycles. The van der Waals surface area contributed by atoms with Gasteiger partial charge in [0.1, 0.15) is 16.7 Å². The molecule has 3 fully saturated rings. The highest BCUT2D eigenvalue weighted by Crippen LogP contribution is 2.47. The Kier molecular flexibility index (Phi) is 10.2. The number of anilines is 1. The number of thiazole rings is 1. The van der Waals surface area contributed by atoms with E-state index >= 15 is 0 Å². The highest BCUT2D eigenvalue weighted by molar-refractivity contribution is 7.91. The van der Waals surface area contributed by atoms with Crippen molar-refractivity contribution in [2.24, 2.45) is 17.8 Å². The summed E-state index contributed by atoms with van der Waals surface area (Å²) >= 11 is 1.22. The van der Waals surface area contributed by atoms with E-state index in [1.54, 1.807) is 12.4 Å². The number of aryl methyl sites for hydroxylation is 1. The van der Waals surface area contributed by atoms with Crippen LogP contribution in [-0.4, -0.2) is 72.6 Å². The van der Waals surface area contributed by atoms with Crippen LogP contribution in [-0.2, 0) is 41.7 Å². The molecule has 51 heavy (non-hydrogen) atoms. The molecule has 3 N–H and O–H groups in total. The molecule has 17 heteroatoms. The standard InChI is InChI=1S/C34H40F3N5O7S2/c1-3-21-18-50-29(38-21)24-12-9-19(34(35,36)37)14-27(24)39-32(46)49-22-15-25-26(16-22)30(44)42(2)13-7-5-4-6-8-20-17-33(20,40-28(25)43)31(45)41-51(47,48)23-10-11-23/h6,8-9,12,14,18,20,22-23,25-26H,3-5,7,10-11,13,15-17H2,1-2H3,(H,39,46)(H,40,43)(H,41,45). The van der Waals surface area contributed by atoms with Gasteiger partial charge in [-0.25, -0.2) is 18.2 Å². The highest BCUT2D eigenvalue weighted by Gasteiger charge is 2.62. The maximum atomic E-state index is 14.0. The summed E-state index contributed by atoms with van der Waals surface area (Å²) < 4.78 is 74.1. The quantitative estimate of drug-likeness (QED) is 0.333. The van der Waals surface area contributed by atoms with Gasteiger partial charge in [-0.05, 0) is 76.0 Å². The van der Waals surface area contributed by atoms with Gasteiger partial charge in [-0.15, -0.1) is 11.3 Å². The first-order valence-corrected chi connectivity index (χ1v) is 19.5. The number of halogens is 3. The minimum atomic E-state index is -4.69. The van der Waals surface area contributed by atoms with Crippen LogP contribution < -0.4 is 15.4 Å². The molecule has 5 unspecified atom stereocenters. The van der Waals surface area contributed by atoms with Crippen molar-refractivity contribution in [3.05, 3.63) is 47.0 Å². The zero-order valence-corrected chi connectivity index (χ0v) is 29.8. The van der Waals surface area contributed by atoms with Gasteiger partial charge in [-0.3, -0.25) is 24.4 Å². The smallest absolute Gasteiger partial charge is 0.416 e. The predicted molar refractivity (Wildman–Crippen MR) is 182 cm³/mol. The average molecular weight is 752 g/mol. The summed E-state index contributed by atoms with van der Waals surface area (Å²) in [5.74, 6) is -4.28. The highest BCUT2D eigenvalue weighted by atomic mass is 32.2. The van der Waals surface area contributed by atoms with Crippen molar-refractivity contribution in [1.29, 1.82) is 0 Å². The number of rotatable bonds is 7. The zero-order valence-electron chi connectivity index (χ0n) is 28.1. The minimum Gasteiger partial charge on any atom is -0.446 e. The molecule has 1 aromatic heterocycles. The number of allylic oxidation sites excluding steroid dienone is 1. The van der Waals surface area contributed by atoms with E-state index in [4.69, 9.17) is 4.74 Å². The minimum absolute atomic E-state index is 0.0466. The topological polar surface area (TPSA) is 164 Å². The van der Waals surface area contributed by atoms with Crippen LogP contribution in [0.2, 0.25) is 0 Å². The van der Waals surface area contributed by atoms with Crippen molar-refractivity contribution in [1.82, 2.24) is 19.9 Å². The molecule has 6 rings (SSSR count). The number of alkyl halides is 3. The number of sulfonamides is 1. The van der Waals surface area contributed by atoms with E-state index in [1.165, 1.54) is 22.3 Å². The van der Waals surface area contributed by atoms with Gasteiger partial charge in [-0.1, -0.05) is 19.1 Å². The van der Waals surface area contributed by atoms with Gasteiger partial charge in [0.05, 0.1) is 34.0 Å². The second-order valence-electron chi connectivity index (χ2n) is 13.7. The molecule has 0 saturated heterocycles. The molecule has 2 heterocycles. The second kappa shape index (κ2) is 14.2. The Morgan fingerprint density at radius 2 is 1.90 bits per heavy atom. The molecule has 2 aromatic rings. The Morgan fingerprint density at radius 1 is 1.16 bits per heavy atom. The van der Waals surface area contributed by atoms with Crippen LogP contribution in [0.5, 0.6) is 0 Å². The number of carbonyl (C=O) groups excluding carboxylic acids is 4. The number of hydrogen-bond acceptors (Lipinski definition) is 9. The molecule has 0 spiro atoms. The fraction of sp³-hybridized carbons (Fsp3) is 0.559. The van der Waals surface area contributed by atoms with Gasteiger partial charge >= 0.3 is 12.3 Å². The number of aromatic nitrogens is 1. The van der Waals surface area contributed by atoms with Crippen molar-refractivity contribution < 1.29 is 45.5 Å². The van der Waals surface area contributed by atoms with Crippen LogP contribution in [0.15, 0.2) is 35.7 Å². The van der Waals surface area contributed by atoms with E-state index in [1.807, 2.05) is 19.1 Å². The van der Waals surface area contributed by atoms with Gasteiger partial charge in [0, 0.05) is 30.5 Å². The number of nitrogens with zero attached hydrogens (tertiary/aromatic N) is 2. The van der Waals surface area contributed by atoms with Crippen LogP contribution >= 0.6 is 11.3 Å². The van der Waals surface area contributed by atoms with Gasteiger partial charge in [0.15, 0.2) is 0 Å². The first-order valence-electron chi connectivity index (χ1n) is 17.0. The summed E-state index contributed by atoms with van der Waals surface area (Å²) in [7, 11) is -2.29. The van der Waals surface area contributed by atoms with E-state index in [9.17, 15) is 40.8 Å². The maximum absolute atomic E-state index is 14.0. The molecule has 0 bridgehead atoms. The van der Waals surface area contributed by atoms with E-state index in [0.717, 1.165) is 24.2 Å². The van der Waals surface area contributed by atoms with Crippen LogP contribution in [0, 0.1) is 17.8 Å². The number of benzene rings is 1. The molecule has 5 atom stereocenters. The first-order chi connectivity index (χ1) is 24.1. The molecule has 3 saturated carbocycles. The Hall–Kier alpha value is -3.99. The third-order valence-corrected chi connectivity index (χ3v) is 12.7. The normalized spacial score (nSPS) is 27.1. The monoisotopic (exact) mass is 751 g/mol. The number of nitrogens with one attached hydrogen (secondary N) is 3. The Labute approximate surface area is 297 Å². The van der Waals surface area contributed by atoms with Crippen molar-refractivity contribution in [3.63, 3.8) is 0 Å². The molecule has 4 aliphatic rings. The summed E-state index contributed by atoms with van der Waals surface area (Å²) in [6.45, 7) is 2.31. The lowest BCUT2D eigenvalue weighted by Crippen LogP contribution is -2.54. The van der Waals surface area contributed by atoms with E-state index in [0.29, 0.717) is 43.7 Å². The summed E-state index contributed by atoms with van der Waals surface area (Å²) in [4.78, 5) is 60.3. The van der Waals surface area contributed by atoms with Gasteiger partial charge < -0.3 is 15.0 Å². The summed E-state index contributed by atoms with van der Waals surface area (Å²) in [5.41, 5.74) is -1.68. The molecular formula is C34H40F3N5O7S2. The predicted octanol–water partition coefficient (Wildman–Crippen LogP) is 5.02. The fourth-order valence-electron chi connectivity index (χ4n) is 6.79. The third-order valence-electron chi connectivity index (χ3n) is 10.00. The number of ether oxygens (including phenoxy) is 1. The summed E-state index contributed by atoms with van der Waals surface area (Å²) in [5, 5.41) is 6.72. The van der Waals surface area contributed by atoms with Gasteiger partial charge in [0.25, 0.3) is 5.91 Å². The lowest BCUT2D eigenvalue weighted by molar-refractivity contribution is -0.140. The van der Waals surface area contributed by atoms with Crippen molar-refractivity contribution in [2.45, 2.75) is 87.8 Å². The van der Waals surface area contributed by atoms with Crippen LogP contribution in [0.1, 0.15) is 69.5 Å².